The zero-order chi connectivity index (χ0) is 18.5. The average Bonchev–Trinajstić information content (AvgIpc) is 3.16. The summed E-state index contributed by atoms with van der Waals surface area (Å²) in [7, 11) is -1.05. The van der Waals surface area contributed by atoms with Gasteiger partial charge in [-0.25, -0.2) is 0 Å². The summed E-state index contributed by atoms with van der Waals surface area (Å²) in [5, 5.41) is 0. The van der Waals surface area contributed by atoms with Gasteiger partial charge in [-0.3, -0.25) is 0 Å². The van der Waals surface area contributed by atoms with Crippen molar-refractivity contribution in [3.63, 3.8) is 0 Å². The van der Waals surface area contributed by atoms with Crippen molar-refractivity contribution >= 4 is 8.38 Å². The molecular weight excluding hydrogens is 407 g/mol. The minimum Gasteiger partial charge on any atom is -0.440 e. The van der Waals surface area contributed by atoms with E-state index in [1.807, 2.05) is 0 Å². The van der Waals surface area contributed by atoms with Gasteiger partial charge in [0.15, 0.2) is 0 Å². The first-order valence-corrected chi connectivity index (χ1v) is 11.0. The molecule has 0 aliphatic heterocycles. The van der Waals surface area contributed by atoms with Crippen molar-refractivity contribution in [3.8, 4) is 11.5 Å². The maximum absolute atomic E-state index is 6.54. The van der Waals surface area contributed by atoms with Gasteiger partial charge in [0.25, 0.3) is 8.38 Å². The van der Waals surface area contributed by atoms with Gasteiger partial charge in [-0.2, -0.15) is 6.42 Å². The van der Waals surface area contributed by atoms with Crippen molar-refractivity contribution < 1.29 is 26.1 Å². The Morgan fingerprint density at radius 2 is 1.32 bits per heavy atom. The summed E-state index contributed by atoms with van der Waals surface area (Å²) in [5.41, 5.74) is 2.89. The molecule has 1 unspecified atom stereocenters. The fraction of sp³-hybridized carbons (Fsp3) is 0.417. The molecule has 28 heavy (non-hydrogen) atoms. The molecule has 0 saturated heterocycles. The average molecular weight is 440 g/mol. The third kappa shape index (κ3) is 6.24. The molecular formula is C24H33FeO2P. The molecule has 2 aromatic rings. The third-order valence-corrected chi connectivity index (χ3v) is 6.64. The summed E-state index contributed by atoms with van der Waals surface area (Å²) < 4.78 is 13.1. The minimum absolute atomic E-state index is 0. The van der Waals surface area contributed by atoms with E-state index in [0.29, 0.717) is 17.5 Å². The quantitative estimate of drug-likeness (QED) is 0.247. The second kappa shape index (κ2) is 11.9. The van der Waals surface area contributed by atoms with Gasteiger partial charge in [-0.15, -0.1) is 0 Å². The standard InChI is InChI=1S/C23H30O2P.CH3.Fe/c1-17(2)20-13-7-9-15-22(20)24-26(19-11-5-6-12-19)25-23-16-10-8-14-21(23)18(3)4;;/h7-11,13-19H,5-6,12H2,1-4H3;1H3;/q2*-1;+2. The van der Waals surface area contributed by atoms with E-state index in [0.717, 1.165) is 24.3 Å². The third-order valence-electron chi connectivity index (χ3n) is 4.87. The zero-order valence-corrected chi connectivity index (χ0v) is 19.7. The fourth-order valence-corrected chi connectivity index (χ4v) is 5.12. The predicted molar refractivity (Wildman–Crippen MR) is 118 cm³/mol. The molecule has 0 bridgehead atoms. The first kappa shape index (κ1) is 25.0. The number of benzene rings is 2. The Labute approximate surface area is 183 Å². The molecule has 0 amide bonds. The van der Waals surface area contributed by atoms with Crippen molar-refractivity contribution in [1.29, 1.82) is 0 Å². The van der Waals surface area contributed by atoms with Crippen molar-refractivity contribution in [1.82, 2.24) is 0 Å². The summed E-state index contributed by atoms with van der Waals surface area (Å²) in [6.07, 6.45) is 5.93. The predicted octanol–water partition coefficient (Wildman–Crippen LogP) is 7.91. The van der Waals surface area contributed by atoms with Crippen LogP contribution >= 0.6 is 8.38 Å². The molecule has 2 nitrogen and oxygen atoms in total. The minimum atomic E-state index is -1.05. The van der Waals surface area contributed by atoms with Crippen LogP contribution in [0.15, 0.2) is 48.5 Å². The Morgan fingerprint density at radius 3 is 1.71 bits per heavy atom. The molecule has 1 fully saturated rings. The van der Waals surface area contributed by atoms with Gasteiger partial charge in [0.1, 0.15) is 11.5 Å². The van der Waals surface area contributed by atoms with Crippen molar-refractivity contribution in [2.24, 2.45) is 0 Å². The number of rotatable bonds is 7. The molecule has 0 heterocycles. The van der Waals surface area contributed by atoms with E-state index in [9.17, 15) is 0 Å². The van der Waals surface area contributed by atoms with Gasteiger partial charge < -0.3 is 22.9 Å². The SMILES string of the molecule is CC(C)c1ccccc1OP(Oc1ccccc1C(C)C)C1[CH-]CCC1.[CH3-].[Fe+2]. The molecule has 154 valence electrons. The smallest absolute Gasteiger partial charge is 0.440 e. The molecule has 3 rings (SSSR count). The van der Waals surface area contributed by atoms with E-state index in [1.165, 1.54) is 17.5 Å². The number of hydrogen-bond donors (Lipinski definition) is 0. The van der Waals surface area contributed by atoms with Crippen molar-refractivity contribution in [3.05, 3.63) is 73.5 Å². The second-order valence-electron chi connectivity index (χ2n) is 7.59. The number of hydrogen-bond acceptors (Lipinski definition) is 2. The fourth-order valence-electron chi connectivity index (χ4n) is 3.38. The second-order valence-corrected chi connectivity index (χ2v) is 9.19. The molecule has 0 spiro atoms. The largest absolute Gasteiger partial charge is 2.00 e. The normalized spacial score (nSPS) is 16.0. The Bertz CT molecular complexity index is 658. The van der Waals surface area contributed by atoms with Crippen LogP contribution in [0.25, 0.3) is 0 Å². The Kier molecular flexibility index (Phi) is 10.6. The monoisotopic (exact) mass is 440 g/mol. The van der Waals surface area contributed by atoms with E-state index < -0.39 is 8.38 Å². The van der Waals surface area contributed by atoms with Gasteiger partial charge >= 0.3 is 17.1 Å². The van der Waals surface area contributed by atoms with E-state index in [2.05, 4.69) is 82.6 Å². The van der Waals surface area contributed by atoms with Gasteiger partial charge in [-0.05, 0) is 35.1 Å². The molecule has 0 aromatic heterocycles. The van der Waals surface area contributed by atoms with Crippen LogP contribution in [0, 0.1) is 13.8 Å². The molecule has 4 heteroatoms. The summed E-state index contributed by atoms with van der Waals surface area (Å²) in [6, 6.07) is 16.8. The van der Waals surface area contributed by atoms with Gasteiger partial charge in [0.2, 0.25) is 0 Å². The molecule has 0 N–H and O–H groups in total. The summed E-state index contributed by atoms with van der Waals surface area (Å²) in [4.78, 5) is 0. The first-order valence-electron chi connectivity index (χ1n) is 9.72. The topological polar surface area (TPSA) is 18.5 Å². The molecule has 2 aromatic carbocycles. The summed E-state index contributed by atoms with van der Waals surface area (Å²) in [6.45, 7) is 8.84. The van der Waals surface area contributed by atoms with Crippen LogP contribution in [0.4, 0.5) is 0 Å². The van der Waals surface area contributed by atoms with Crippen molar-refractivity contribution in [2.75, 3.05) is 0 Å². The van der Waals surface area contributed by atoms with Crippen LogP contribution in [0.2, 0.25) is 0 Å². The maximum Gasteiger partial charge on any atom is 2.00 e. The molecule has 1 saturated carbocycles. The van der Waals surface area contributed by atoms with Crippen molar-refractivity contribution in [2.45, 2.75) is 64.5 Å². The molecule has 0 radical (unpaired) electrons. The van der Waals surface area contributed by atoms with Crippen LogP contribution in [-0.2, 0) is 17.1 Å². The van der Waals surface area contributed by atoms with Crippen LogP contribution < -0.4 is 9.05 Å². The van der Waals surface area contributed by atoms with Gasteiger partial charge in [-0.1, -0.05) is 82.6 Å². The molecule has 1 aliphatic carbocycles. The Morgan fingerprint density at radius 1 is 0.857 bits per heavy atom. The van der Waals surface area contributed by atoms with E-state index >= 15 is 0 Å². The van der Waals surface area contributed by atoms with E-state index in [-0.39, 0.29) is 24.5 Å². The molecule has 1 aliphatic rings. The Hall–Kier alpha value is -1.01. The van der Waals surface area contributed by atoms with Crippen LogP contribution in [0.5, 0.6) is 11.5 Å². The van der Waals surface area contributed by atoms with E-state index in [1.54, 1.807) is 0 Å². The summed E-state index contributed by atoms with van der Waals surface area (Å²) in [5.74, 6) is 2.80. The molecule has 1 atom stereocenters. The number of para-hydroxylation sites is 2. The summed E-state index contributed by atoms with van der Waals surface area (Å²) >= 11 is 0. The van der Waals surface area contributed by atoms with Crippen LogP contribution in [0.1, 0.15) is 69.9 Å². The Balaban J connectivity index is 0.00000196. The van der Waals surface area contributed by atoms with Gasteiger partial charge in [0.05, 0.1) is 0 Å². The zero-order valence-electron chi connectivity index (χ0n) is 17.7. The van der Waals surface area contributed by atoms with Crippen LogP contribution in [0.3, 0.4) is 0 Å². The first-order chi connectivity index (χ1) is 12.6. The van der Waals surface area contributed by atoms with Gasteiger partial charge in [0, 0.05) is 0 Å². The van der Waals surface area contributed by atoms with E-state index in [4.69, 9.17) is 9.05 Å². The van der Waals surface area contributed by atoms with Crippen LogP contribution in [-0.4, -0.2) is 5.66 Å². The maximum atomic E-state index is 6.54.